The number of aryl methyl sites for hydroxylation is 1. The molecule has 1 aliphatic heterocycles. The molecule has 2 heterocycles. The molecule has 1 atom stereocenters. The lowest BCUT2D eigenvalue weighted by atomic mass is 9.98. The molecule has 0 radical (unpaired) electrons. The Morgan fingerprint density at radius 1 is 1.61 bits per heavy atom. The largest absolute Gasteiger partial charge is 0.481 e. The zero-order valence-electron chi connectivity index (χ0n) is 10.9. The van der Waals surface area contributed by atoms with Crippen LogP contribution in [0, 0.1) is 5.92 Å². The number of aromatic nitrogens is 2. The SMILES string of the molecule is CCCn1nccc1CN1CCCC(C(=O)O)C1. The first kappa shape index (κ1) is 13.1. The monoisotopic (exact) mass is 251 g/mol. The highest BCUT2D eigenvalue weighted by molar-refractivity contribution is 5.70. The van der Waals surface area contributed by atoms with Crippen LogP contribution in [0.3, 0.4) is 0 Å². The van der Waals surface area contributed by atoms with E-state index in [0.717, 1.165) is 38.9 Å². The molecule has 2 rings (SSSR count). The van der Waals surface area contributed by atoms with Gasteiger partial charge in [0.05, 0.1) is 11.6 Å². The van der Waals surface area contributed by atoms with Crippen molar-refractivity contribution in [3.05, 3.63) is 18.0 Å². The Balaban J connectivity index is 1.96. The van der Waals surface area contributed by atoms with E-state index in [1.165, 1.54) is 5.69 Å². The van der Waals surface area contributed by atoms with Gasteiger partial charge in [-0.15, -0.1) is 0 Å². The summed E-state index contributed by atoms with van der Waals surface area (Å²) in [6.45, 7) is 5.52. The van der Waals surface area contributed by atoms with Gasteiger partial charge in [0.25, 0.3) is 0 Å². The van der Waals surface area contributed by atoms with Crippen molar-refractivity contribution in [1.29, 1.82) is 0 Å². The number of carbonyl (C=O) groups is 1. The van der Waals surface area contributed by atoms with Gasteiger partial charge in [-0.25, -0.2) is 0 Å². The van der Waals surface area contributed by atoms with Crippen LogP contribution in [0.5, 0.6) is 0 Å². The number of nitrogens with zero attached hydrogens (tertiary/aromatic N) is 3. The summed E-state index contributed by atoms with van der Waals surface area (Å²) in [7, 11) is 0. The number of carboxylic acid groups (broad SMARTS) is 1. The molecule has 0 amide bonds. The number of hydrogen-bond donors (Lipinski definition) is 1. The van der Waals surface area contributed by atoms with Crippen molar-refractivity contribution < 1.29 is 9.90 Å². The van der Waals surface area contributed by atoms with Crippen molar-refractivity contribution in [3.8, 4) is 0 Å². The third-order valence-electron chi connectivity index (χ3n) is 3.48. The Bertz CT molecular complexity index is 403. The molecule has 100 valence electrons. The quantitative estimate of drug-likeness (QED) is 0.863. The first-order valence-corrected chi connectivity index (χ1v) is 6.66. The van der Waals surface area contributed by atoms with E-state index < -0.39 is 5.97 Å². The lowest BCUT2D eigenvalue weighted by Crippen LogP contribution is -2.38. The third kappa shape index (κ3) is 3.10. The number of rotatable bonds is 5. The average Bonchev–Trinajstić information content (AvgIpc) is 2.77. The standard InChI is InChI=1S/C13H21N3O2/c1-2-7-16-12(5-6-14-16)10-15-8-3-4-11(9-15)13(17)18/h5-6,11H,2-4,7-10H2,1H3,(H,17,18). The van der Waals surface area contributed by atoms with Gasteiger partial charge in [-0.3, -0.25) is 14.4 Å². The van der Waals surface area contributed by atoms with Crippen LogP contribution < -0.4 is 0 Å². The Morgan fingerprint density at radius 3 is 3.17 bits per heavy atom. The minimum atomic E-state index is -0.665. The molecule has 1 fully saturated rings. The van der Waals surface area contributed by atoms with Crippen molar-refractivity contribution >= 4 is 5.97 Å². The molecule has 0 saturated carbocycles. The van der Waals surface area contributed by atoms with Gasteiger partial charge < -0.3 is 5.11 Å². The van der Waals surface area contributed by atoms with Crippen LogP contribution in [-0.2, 0) is 17.9 Å². The lowest BCUT2D eigenvalue weighted by Gasteiger charge is -2.30. The van der Waals surface area contributed by atoms with E-state index in [1.54, 1.807) is 0 Å². The van der Waals surface area contributed by atoms with Crippen LogP contribution in [0.25, 0.3) is 0 Å². The smallest absolute Gasteiger partial charge is 0.307 e. The van der Waals surface area contributed by atoms with Gasteiger partial charge in [-0.2, -0.15) is 5.10 Å². The highest BCUT2D eigenvalue weighted by atomic mass is 16.4. The zero-order valence-corrected chi connectivity index (χ0v) is 10.9. The van der Waals surface area contributed by atoms with Crippen molar-refractivity contribution in [2.45, 2.75) is 39.3 Å². The second kappa shape index (κ2) is 6.00. The van der Waals surface area contributed by atoms with E-state index in [0.29, 0.717) is 6.54 Å². The predicted octanol–water partition coefficient (Wildman–Crippen LogP) is 1.59. The highest BCUT2D eigenvalue weighted by Gasteiger charge is 2.25. The van der Waals surface area contributed by atoms with Crippen molar-refractivity contribution in [2.24, 2.45) is 5.92 Å². The fraction of sp³-hybridized carbons (Fsp3) is 0.692. The summed E-state index contributed by atoms with van der Waals surface area (Å²) >= 11 is 0. The second-order valence-electron chi connectivity index (χ2n) is 4.96. The van der Waals surface area contributed by atoms with Crippen LogP contribution in [0.1, 0.15) is 31.9 Å². The first-order valence-electron chi connectivity index (χ1n) is 6.66. The number of hydrogen-bond acceptors (Lipinski definition) is 3. The maximum absolute atomic E-state index is 11.0. The van der Waals surface area contributed by atoms with Crippen molar-refractivity contribution in [3.63, 3.8) is 0 Å². The van der Waals surface area contributed by atoms with Gasteiger partial charge >= 0.3 is 5.97 Å². The Labute approximate surface area is 107 Å². The zero-order chi connectivity index (χ0) is 13.0. The Kier molecular flexibility index (Phi) is 4.36. The summed E-state index contributed by atoms with van der Waals surface area (Å²) in [6, 6.07) is 2.03. The summed E-state index contributed by atoms with van der Waals surface area (Å²) < 4.78 is 2.02. The maximum Gasteiger partial charge on any atom is 0.307 e. The van der Waals surface area contributed by atoms with Crippen LogP contribution in [0.4, 0.5) is 0 Å². The molecular weight excluding hydrogens is 230 g/mol. The second-order valence-corrected chi connectivity index (χ2v) is 4.96. The van der Waals surface area contributed by atoms with Gasteiger partial charge in [-0.1, -0.05) is 6.92 Å². The number of likely N-dealkylation sites (tertiary alicyclic amines) is 1. The molecule has 0 bridgehead atoms. The van der Waals surface area contributed by atoms with Gasteiger partial charge in [0.1, 0.15) is 0 Å². The fourth-order valence-electron chi connectivity index (χ4n) is 2.54. The molecule has 18 heavy (non-hydrogen) atoms. The molecule has 0 aliphatic carbocycles. The highest BCUT2D eigenvalue weighted by Crippen LogP contribution is 2.18. The predicted molar refractivity (Wildman–Crippen MR) is 68.2 cm³/mol. The van der Waals surface area contributed by atoms with Gasteiger partial charge in [0.15, 0.2) is 0 Å². The van der Waals surface area contributed by atoms with Gasteiger partial charge in [-0.05, 0) is 31.9 Å². The Hall–Kier alpha value is -1.36. The number of aliphatic carboxylic acids is 1. The van der Waals surface area contributed by atoms with Gasteiger partial charge in [0.2, 0.25) is 0 Å². The summed E-state index contributed by atoms with van der Waals surface area (Å²) in [5.41, 5.74) is 1.18. The summed E-state index contributed by atoms with van der Waals surface area (Å²) in [5.74, 6) is -0.872. The van der Waals surface area contributed by atoms with Crippen LogP contribution in [-0.4, -0.2) is 38.8 Å². The maximum atomic E-state index is 11.0. The summed E-state index contributed by atoms with van der Waals surface area (Å²) in [5, 5.41) is 13.4. The van der Waals surface area contributed by atoms with E-state index in [9.17, 15) is 4.79 Å². The summed E-state index contributed by atoms with van der Waals surface area (Å²) in [4.78, 5) is 13.3. The molecule has 5 nitrogen and oxygen atoms in total. The third-order valence-corrected chi connectivity index (χ3v) is 3.48. The first-order chi connectivity index (χ1) is 8.70. The molecule has 1 unspecified atom stereocenters. The van der Waals surface area contributed by atoms with E-state index >= 15 is 0 Å². The van der Waals surface area contributed by atoms with Crippen LogP contribution >= 0.6 is 0 Å². The van der Waals surface area contributed by atoms with Crippen molar-refractivity contribution in [2.75, 3.05) is 13.1 Å². The number of carboxylic acids is 1. The summed E-state index contributed by atoms with van der Waals surface area (Å²) in [6.07, 6.45) is 4.66. The molecule has 1 N–H and O–H groups in total. The van der Waals surface area contributed by atoms with Crippen molar-refractivity contribution in [1.82, 2.24) is 14.7 Å². The average molecular weight is 251 g/mol. The molecule has 0 spiro atoms. The topological polar surface area (TPSA) is 58.4 Å². The molecule has 1 aliphatic rings. The molecular formula is C13H21N3O2. The minimum Gasteiger partial charge on any atom is -0.481 e. The molecule has 1 aromatic rings. The normalized spacial score (nSPS) is 21.1. The molecule has 0 aromatic carbocycles. The fourth-order valence-corrected chi connectivity index (χ4v) is 2.54. The van der Waals surface area contributed by atoms with E-state index in [2.05, 4.69) is 16.9 Å². The molecule has 1 saturated heterocycles. The van der Waals surface area contributed by atoms with E-state index in [1.807, 2.05) is 16.9 Å². The van der Waals surface area contributed by atoms with Crippen LogP contribution in [0.2, 0.25) is 0 Å². The molecule has 1 aromatic heterocycles. The van der Waals surface area contributed by atoms with Gasteiger partial charge in [0, 0.05) is 25.8 Å². The number of piperidine rings is 1. The van der Waals surface area contributed by atoms with Crippen LogP contribution in [0.15, 0.2) is 12.3 Å². The molecule has 5 heteroatoms. The van der Waals surface area contributed by atoms with E-state index in [-0.39, 0.29) is 5.92 Å². The lowest BCUT2D eigenvalue weighted by molar-refractivity contribution is -0.143. The minimum absolute atomic E-state index is 0.207. The van der Waals surface area contributed by atoms with E-state index in [4.69, 9.17) is 5.11 Å². The Morgan fingerprint density at radius 2 is 2.44 bits per heavy atom.